The fourth-order valence-electron chi connectivity index (χ4n) is 2.51. The molecule has 25 heavy (non-hydrogen) atoms. The van der Waals surface area contributed by atoms with Crippen molar-refractivity contribution < 1.29 is 24.1 Å². The monoisotopic (exact) mass is 368 g/mol. The number of hydrogen-bond donors (Lipinski definition) is 2. The summed E-state index contributed by atoms with van der Waals surface area (Å²) in [4.78, 5) is 13.4. The van der Waals surface area contributed by atoms with E-state index in [1.54, 1.807) is 38.0 Å². The SMILES string of the molecule is COc1cc(CN2C(O)=CC(=O)NC2SC(C)C)cc(OC)c1OC. The number of carbonyl (C=O) groups is 1. The summed E-state index contributed by atoms with van der Waals surface area (Å²) in [5.41, 5.74) is 0.483. The lowest BCUT2D eigenvalue weighted by Crippen LogP contribution is -2.49. The van der Waals surface area contributed by atoms with Gasteiger partial charge in [0.1, 0.15) is 0 Å². The topological polar surface area (TPSA) is 80.3 Å². The van der Waals surface area contributed by atoms with Crippen molar-refractivity contribution in [3.8, 4) is 17.2 Å². The van der Waals surface area contributed by atoms with Crippen LogP contribution in [0, 0.1) is 0 Å². The average Bonchev–Trinajstić information content (AvgIpc) is 2.56. The van der Waals surface area contributed by atoms with Crippen LogP contribution in [0.4, 0.5) is 0 Å². The third-order valence-electron chi connectivity index (χ3n) is 3.58. The van der Waals surface area contributed by atoms with E-state index in [1.807, 2.05) is 26.0 Å². The molecule has 0 saturated carbocycles. The predicted octanol–water partition coefficient (Wildman–Crippen LogP) is 2.47. The van der Waals surface area contributed by atoms with Crippen molar-refractivity contribution in [3.63, 3.8) is 0 Å². The minimum atomic E-state index is -0.364. The molecule has 0 bridgehead atoms. The summed E-state index contributed by atoms with van der Waals surface area (Å²) in [6.45, 7) is 4.43. The van der Waals surface area contributed by atoms with Crippen LogP contribution in [0.1, 0.15) is 19.4 Å². The summed E-state index contributed by atoms with van der Waals surface area (Å²) in [5.74, 6) is 1.20. The Bertz CT molecular complexity index is 637. The Morgan fingerprint density at radius 2 is 1.80 bits per heavy atom. The number of benzene rings is 1. The van der Waals surface area contributed by atoms with Crippen molar-refractivity contribution in [3.05, 3.63) is 29.7 Å². The van der Waals surface area contributed by atoms with Crippen molar-refractivity contribution in [1.29, 1.82) is 0 Å². The van der Waals surface area contributed by atoms with Crippen molar-refractivity contribution in [2.75, 3.05) is 21.3 Å². The Hall–Kier alpha value is -2.22. The molecule has 0 aromatic heterocycles. The first-order valence-corrected chi connectivity index (χ1v) is 8.76. The molecule has 1 heterocycles. The highest BCUT2D eigenvalue weighted by molar-refractivity contribution is 8.00. The molecule has 7 nitrogen and oxygen atoms in total. The minimum absolute atomic E-state index is 0.0735. The van der Waals surface area contributed by atoms with E-state index in [2.05, 4.69) is 5.32 Å². The van der Waals surface area contributed by atoms with Crippen molar-refractivity contribution in [2.45, 2.75) is 31.1 Å². The van der Waals surface area contributed by atoms with E-state index in [0.29, 0.717) is 23.8 Å². The number of rotatable bonds is 7. The van der Waals surface area contributed by atoms with Gasteiger partial charge in [0.25, 0.3) is 5.91 Å². The maximum Gasteiger partial charge on any atom is 0.251 e. The van der Waals surface area contributed by atoms with E-state index >= 15 is 0 Å². The lowest BCUT2D eigenvalue weighted by molar-refractivity contribution is -0.119. The van der Waals surface area contributed by atoms with Crippen LogP contribution in [0.3, 0.4) is 0 Å². The van der Waals surface area contributed by atoms with Gasteiger partial charge in [-0.1, -0.05) is 13.8 Å². The first-order valence-electron chi connectivity index (χ1n) is 7.81. The number of carbonyl (C=O) groups excluding carboxylic acids is 1. The fraction of sp³-hybridized carbons (Fsp3) is 0.471. The second kappa shape index (κ2) is 8.24. The first kappa shape index (κ1) is 19.1. The second-order valence-electron chi connectivity index (χ2n) is 5.71. The van der Waals surface area contributed by atoms with Gasteiger partial charge in [-0.2, -0.15) is 0 Å². The number of nitrogens with zero attached hydrogens (tertiary/aromatic N) is 1. The number of methoxy groups -OCH3 is 3. The largest absolute Gasteiger partial charge is 0.494 e. The minimum Gasteiger partial charge on any atom is -0.494 e. The van der Waals surface area contributed by atoms with Crippen LogP contribution in [-0.4, -0.2) is 48.0 Å². The summed E-state index contributed by atoms with van der Waals surface area (Å²) in [7, 11) is 4.65. The fourth-order valence-corrected chi connectivity index (χ4v) is 3.54. The van der Waals surface area contributed by atoms with Crippen LogP contribution < -0.4 is 19.5 Å². The van der Waals surface area contributed by atoms with Gasteiger partial charge in [-0.05, 0) is 17.7 Å². The number of hydrogen-bond acceptors (Lipinski definition) is 7. The Labute approximate surface area is 151 Å². The molecular formula is C17H24N2O5S. The molecule has 2 rings (SSSR count). The number of thioether (sulfide) groups is 1. The van der Waals surface area contributed by atoms with Gasteiger partial charge >= 0.3 is 0 Å². The van der Waals surface area contributed by atoms with Crippen LogP contribution in [0.25, 0.3) is 0 Å². The second-order valence-corrected chi connectivity index (χ2v) is 7.37. The molecule has 0 aliphatic carbocycles. The smallest absolute Gasteiger partial charge is 0.251 e. The van der Waals surface area contributed by atoms with Gasteiger partial charge < -0.3 is 29.5 Å². The molecule has 0 spiro atoms. The highest BCUT2D eigenvalue weighted by Crippen LogP contribution is 2.39. The molecule has 2 N–H and O–H groups in total. The normalized spacial score (nSPS) is 17.2. The quantitative estimate of drug-likeness (QED) is 0.765. The molecule has 1 unspecified atom stereocenters. The number of aliphatic hydroxyl groups excluding tert-OH is 1. The van der Waals surface area contributed by atoms with Crippen LogP contribution in [-0.2, 0) is 11.3 Å². The van der Waals surface area contributed by atoms with E-state index in [4.69, 9.17) is 14.2 Å². The number of aliphatic hydroxyl groups is 1. The molecule has 0 saturated heterocycles. The van der Waals surface area contributed by atoms with Crippen LogP contribution in [0.2, 0.25) is 0 Å². The molecule has 1 aromatic rings. The van der Waals surface area contributed by atoms with Gasteiger partial charge in [-0.3, -0.25) is 4.79 Å². The van der Waals surface area contributed by atoms with Gasteiger partial charge in [0, 0.05) is 11.8 Å². The predicted molar refractivity (Wildman–Crippen MR) is 97.0 cm³/mol. The summed E-state index contributed by atoms with van der Waals surface area (Å²) < 4.78 is 16.1. The average molecular weight is 368 g/mol. The number of nitrogens with one attached hydrogen (secondary N) is 1. The maximum atomic E-state index is 11.7. The molecule has 1 aromatic carbocycles. The summed E-state index contributed by atoms with van der Waals surface area (Å²) in [6, 6.07) is 3.64. The third kappa shape index (κ3) is 4.45. The third-order valence-corrected chi connectivity index (χ3v) is 4.76. The van der Waals surface area contributed by atoms with E-state index in [-0.39, 0.29) is 22.5 Å². The highest BCUT2D eigenvalue weighted by atomic mass is 32.2. The molecule has 1 aliphatic heterocycles. The molecule has 1 aliphatic rings. The molecule has 8 heteroatoms. The lowest BCUT2D eigenvalue weighted by Gasteiger charge is -2.36. The van der Waals surface area contributed by atoms with Crippen LogP contribution >= 0.6 is 11.8 Å². The Kier molecular flexibility index (Phi) is 6.30. The summed E-state index contributed by atoms with van der Waals surface area (Å²) in [5, 5.41) is 13.4. The van der Waals surface area contributed by atoms with Gasteiger partial charge in [0.2, 0.25) is 5.75 Å². The number of amides is 1. The van der Waals surface area contributed by atoms with E-state index in [0.717, 1.165) is 5.56 Å². The van der Waals surface area contributed by atoms with Crippen molar-refractivity contribution in [1.82, 2.24) is 10.2 Å². The molecule has 1 atom stereocenters. The molecule has 138 valence electrons. The van der Waals surface area contributed by atoms with Gasteiger partial charge in [0.05, 0.1) is 27.4 Å². The Morgan fingerprint density at radius 1 is 1.20 bits per heavy atom. The Balaban J connectivity index is 2.35. The zero-order chi connectivity index (χ0) is 18.6. The van der Waals surface area contributed by atoms with Crippen molar-refractivity contribution >= 4 is 17.7 Å². The lowest BCUT2D eigenvalue weighted by atomic mass is 10.1. The Morgan fingerprint density at radius 3 is 2.28 bits per heavy atom. The van der Waals surface area contributed by atoms with E-state index in [9.17, 15) is 9.90 Å². The molecule has 1 amide bonds. The van der Waals surface area contributed by atoms with E-state index < -0.39 is 0 Å². The van der Waals surface area contributed by atoms with Gasteiger partial charge in [-0.15, -0.1) is 11.8 Å². The number of ether oxygens (including phenoxy) is 3. The molecule has 0 fully saturated rings. The maximum absolute atomic E-state index is 11.7. The van der Waals surface area contributed by atoms with Gasteiger partial charge in [-0.25, -0.2) is 0 Å². The van der Waals surface area contributed by atoms with Crippen LogP contribution in [0.5, 0.6) is 17.2 Å². The highest BCUT2D eigenvalue weighted by Gasteiger charge is 2.29. The zero-order valence-electron chi connectivity index (χ0n) is 15.0. The summed E-state index contributed by atoms with van der Waals surface area (Å²) >= 11 is 1.54. The van der Waals surface area contributed by atoms with Crippen LogP contribution in [0.15, 0.2) is 24.1 Å². The first-order chi connectivity index (χ1) is 11.9. The standard InChI is InChI=1S/C17H24N2O5S/c1-10(2)25-17-18-14(20)8-15(21)19(17)9-11-6-12(22-3)16(24-5)13(7-11)23-4/h6-8,10,17,21H,9H2,1-5H3,(H,18,20). The van der Waals surface area contributed by atoms with Crippen molar-refractivity contribution in [2.24, 2.45) is 0 Å². The van der Waals surface area contributed by atoms with E-state index in [1.165, 1.54) is 6.08 Å². The zero-order valence-corrected chi connectivity index (χ0v) is 15.8. The molecule has 0 radical (unpaired) electrons. The molecular weight excluding hydrogens is 344 g/mol. The summed E-state index contributed by atoms with van der Waals surface area (Å²) in [6.07, 6.45) is 1.18. The van der Waals surface area contributed by atoms with Gasteiger partial charge in [0.15, 0.2) is 22.9 Å².